The number of aliphatic hydroxyl groups excluding tert-OH is 1. The largest absolute Gasteiger partial charge is 0.392 e. The first-order valence-electron chi connectivity index (χ1n) is 3.83. The molecule has 0 aliphatic carbocycles. The number of hydrogen-bond donors (Lipinski definition) is 1. The highest BCUT2D eigenvalue weighted by Gasteiger charge is 2.03. The maximum atomic E-state index is 9.07. The Hall–Kier alpha value is -0.600. The third kappa shape index (κ3) is 5.83. The lowest BCUT2D eigenvalue weighted by Crippen LogP contribution is -2.31. The first-order chi connectivity index (χ1) is 5.20. The van der Waals surface area contributed by atoms with Crippen molar-refractivity contribution in [2.24, 2.45) is 0 Å². The average molecular weight is 155 g/mol. The molecule has 2 nitrogen and oxygen atoms in total. The molecule has 0 aromatic rings. The van der Waals surface area contributed by atoms with Gasteiger partial charge in [-0.1, -0.05) is 12.2 Å². The molecular formula is C9H17NO. The summed E-state index contributed by atoms with van der Waals surface area (Å²) in [6.07, 6.45) is 3.37. The van der Waals surface area contributed by atoms with Crippen LogP contribution in [-0.4, -0.2) is 35.7 Å². The molecule has 1 N–H and O–H groups in total. The number of rotatable bonds is 6. The van der Waals surface area contributed by atoms with Crippen molar-refractivity contribution >= 4 is 0 Å². The molecule has 0 aromatic carbocycles. The summed E-state index contributed by atoms with van der Waals surface area (Å²) in [6.45, 7) is 11.3. The van der Waals surface area contributed by atoms with Crippen molar-refractivity contribution < 1.29 is 5.11 Å². The van der Waals surface area contributed by atoms with Gasteiger partial charge in [-0.05, 0) is 6.92 Å². The van der Waals surface area contributed by atoms with Crippen LogP contribution in [0.2, 0.25) is 0 Å². The Morgan fingerprint density at radius 3 is 2.09 bits per heavy atom. The van der Waals surface area contributed by atoms with E-state index in [0.717, 1.165) is 13.1 Å². The Balaban J connectivity index is 3.67. The van der Waals surface area contributed by atoms with Gasteiger partial charge in [0, 0.05) is 19.6 Å². The van der Waals surface area contributed by atoms with E-state index in [-0.39, 0.29) is 6.10 Å². The topological polar surface area (TPSA) is 23.5 Å². The van der Waals surface area contributed by atoms with E-state index in [2.05, 4.69) is 18.1 Å². The minimum atomic E-state index is -0.283. The van der Waals surface area contributed by atoms with E-state index < -0.39 is 0 Å². The maximum absolute atomic E-state index is 9.07. The van der Waals surface area contributed by atoms with Gasteiger partial charge < -0.3 is 5.11 Å². The second kappa shape index (κ2) is 6.13. The highest BCUT2D eigenvalue weighted by molar-refractivity contribution is 4.80. The van der Waals surface area contributed by atoms with Crippen LogP contribution >= 0.6 is 0 Å². The van der Waals surface area contributed by atoms with Crippen molar-refractivity contribution in [2.45, 2.75) is 13.0 Å². The van der Waals surface area contributed by atoms with E-state index in [1.54, 1.807) is 6.92 Å². The molecule has 0 amide bonds. The zero-order valence-corrected chi connectivity index (χ0v) is 7.16. The van der Waals surface area contributed by atoms with Crippen molar-refractivity contribution in [1.82, 2.24) is 4.90 Å². The molecule has 0 spiro atoms. The molecule has 0 radical (unpaired) electrons. The minimum Gasteiger partial charge on any atom is -0.392 e. The highest BCUT2D eigenvalue weighted by Crippen LogP contribution is 1.92. The molecule has 11 heavy (non-hydrogen) atoms. The quantitative estimate of drug-likeness (QED) is 0.579. The molecule has 2 heteroatoms. The molecular weight excluding hydrogens is 138 g/mol. The lowest BCUT2D eigenvalue weighted by Gasteiger charge is -2.19. The van der Waals surface area contributed by atoms with Crippen molar-refractivity contribution in [2.75, 3.05) is 19.6 Å². The Labute approximate surface area is 68.8 Å². The van der Waals surface area contributed by atoms with E-state index in [9.17, 15) is 0 Å². The molecule has 0 saturated heterocycles. The molecule has 1 atom stereocenters. The van der Waals surface area contributed by atoms with Crippen molar-refractivity contribution in [3.63, 3.8) is 0 Å². The summed E-state index contributed by atoms with van der Waals surface area (Å²) in [4.78, 5) is 2.07. The number of nitrogens with zero attached hydrogens (tertiary/aromatic N) is 1. The zero-order chi connectivity index (χ0) is 8.69. The van der Waals surface area contributed by atoms with Crippen LogP contribution in [0, 0.1) is 0 Å². The lowest BCUT2D eigenvalue weighted by atomic mass is 10.3. The fourth-order valence-electron chi connectivity index (χ4n) is 0.962. The Morgan fingerprint density at radius 2 is 1.82 bits per heavy atom. The van der Waals surface area contributed by atoms with Crippen LogP contribution in [0.1, 0.15) is 6.92 Å². The van der Waals surface area contributed by atoms with Crippen LogP contribution in [-0.2, 0) is 0 Å². The summed E-state index contributed by atoms with van der Waals surface area (Å²) in [7, 11) is 0. The third-order valence-corrected chi connectivity index (χ3v) is 1.30. The van der Waals surface area contributed by atoms with Gasteiger partial charge in [-0.3, -0.25) is 4.90 Å². The van der Waals surface area contributed by atoms with Crippen LogP contribution in [0.3, 0.4) is 0 Å². The Morgan fingerprint density at radius 1 is 1.36 bits per heavy atom. The van der Waals surface area contributed by atoms with Gasteiger partial charge in [0.2, 0.25) is 0 Å². The van der Waals surface area contributed by atoms with Crippen LogP contribution in [0.4, 0.5) is 0 Å². The summed E-state index contributed by atoms with van der Waals surface area (Å²) in [5, 5.41) is 9.07. The van der Waals surface area contributed by atoms with Gasteiger partial charge in [0.25, 0.3) is 0 Å². The van der Waals surface area contributed by atoms with Crippen molar-refractivity contribution in [3.05, 3.63) is 25.3 Å². The predicted octanol–water partition coefficient (Wildman–Crippen LogP) is 1.04. The molecule has 1 unspecified atom stereocenters. The summed E-state index contributed by atoms with van der Waals surface area (Å²) < 4.78 is 0. The van der Waals surface area contributed by atoms with E-state index >= 15 is 0 Å². The van der Waals surface area contributed by atoms with Gasteiger partial charge in [0.1, 0.15) is 0 Å². The standard InChI is InChI=1S/C9H17NO/c1-4-6-10(7-5-2)8-9(3)11/h4-5,9,11H,1-2,6-8H2,3H3. The summed E-state index contributed by atoms with van der Waals surface area (Å²) in [5.41, 5.74) is 0. The van der Waals surface area contributed by atoms with Crippen LogP contribution < -0.4 is 0 Å². The van der Waals surface area contributed by atoms with Gasteiger partial charge in [-0.25, -0.2) is 0 Å². The second-order valence-electron chi connectivity index (χ2n) is 2.64. The van der Waals surface area contributed by atoms with Crippen LogP contribution in [0.15, 0.2) is 25.3 Å². The van der Waals surface area contributed by atoms with E-state index in [4.69, 9.17) is 5.11 Å². The van der Waals surface area contributed by atoms with Gasteiger partial charge in [0.15, 0.2) is 0 Å². The first-order valence-corrected chi connectivity index (χ1v) is 3.83. The number of hydrogen-bond acceptors (Lipinski definition) is 2. The van der Waals surface area contributed by atoms with Gasteiger partial charge >= 0.3 is 0 Å². The summed E-state index contributed by atoms with van der Waals surface area (Å²) in [6, 6.07) is 0. The van der Waals surface area contributed by atoms with Crippen LogP contribution in [0.25, 0.3) is 0 Å². The van der Waals surface area contributed by atoms with Crippen molar-refractivity contribution in [1.29, 1.82) is 0 Å². The summed E-state index contributed by atoms with van der Waals surface area (Å²) in [5.74, 6) is 0. The fourth-order valence-corrected chi connectivity index (χ4v) is 0.962. The normalized spacial score (nSPS) is 13.0. The monoisotopic (exact) mass is 155 g/mol. The molecule has 0 aromatic heterocycles. The highest BCUT2D eigenvalue weighted by atomic mass is 16.3. The smallest absolute Gasteiger partial charge is 0.0639 e. The molecule has 0 aliphatic rings. The van der Waals surface area contributed by atoms with E-state index in [1.165, 1.54) is 0 Å². The van der Waals surface area contributed by atoms with Gasteiger partial charge in [-0.2, -0.15) is 0 Å². The number of aliphatic hydroxyl groups is 1. The predicted molar refractivity (Wildman–Crippen MR) is 48.5 cm³/mol. The first kappa shape index (κ1) is 10.4. The molecule has 0 bridgehead atoms. The third-order valence-electron chi connectivity index (χ3n) is 1.30. The minimum absolute atomic E-state index is 0.283. The van der Waals surface area contributed by atoms with E-state index in [0.29, 0.717) is 6.54 Å². The zero-order valence-electron chi connectivity index (χ0n) is 7.16. The molecule has 64 valence electrons. The maximum Gasteiger partial charge on any atom is 0.0639 e. The molecule has 0 heterocycles. The molecule has 0 fully saturated rings. The van der Waals surface area contributed by atoms with E-state index in [1.807, 2.05) is 12.2 Å². The molecule has 0 rings (SSSR count). The fraction of sp³-hybridized carbons (Fsp3) is 0.556. The molecule has 0 saturated carbocycles. The van der Waals surface area contributed by atoms with Gasteiger partial charge in [0.05, 0.1) is 6.10 Å². The lowest BCUT2D eigenvalue weighted by molar-refractivity contribution is 0.140. The van der Waals surface area contributed by atoms with Crippen molar-refractivity contribution in [3.8, 4) is 0 Å². The Bertz CT molecular complexity index is 111. The van der Waals surface area contributed by atoms with Crippen LogP contribution in [0.5, 0.6) is 0 Å². The van der Waals surface area contributed by atoms with Gasteiger partial charge in [-0.15, -0.1) is 13.2 Å². The second-order valence-corrected chi connectivity index (χ2v) is 2.64. The Kier molecular flexibility index (Phi) is 5.80. The SMILES string of the molecule is C=CCN(CC=C)CC(C)O. The average Bonchev–Trinajstić information content (AvgIpc) is 1.87. The molecule has 0 aliphatic heterocycles. The summed E-state index contributed by atoms with van der Waals surface area (Å²) >= 11 is 0.